The quantitative estimate of drug-likeness (QED) is 0.829. The van der Waals surface area contributed by atoms with Crippen molar-refractivity contribution in [3.8, 4) is 0 Å². The van der Waals surface area contributed by atoms with Crippen LogP contribution in [0.2, 0.25) is 0 Å². The van der Waals surface area contributed by atoms with Gasteiger partial charge in [0.15, 0.2) is 0 Å². The Morgan fingerprint density at radius 1 is 1.30 bits per heavy atom. The van der Waals surface area contributed by atoms with Crippen LogP contribution in [0.25, 0.3) is 0 Å². The lowest BCUT2D eigenvalue weighted by molar-refractivity contribution is -0.135. The number of benzene rings is 1. The van der Waals surface area contributed by atoms with E-state index in [0.29, 0.717) is 13.2 Å². The summed E-state index contributed by atoms with van der Waals surface area (Å²) in [5.41, 5.74) is 1.33. The summed E-state index contributed by atoms with van der Waals surface area (Å²) in [6.45, 7) is 5.08. The number of piperidine rings is 1. The third-order valence-corrected chi connectivity index (χ3v) is 5.00. The number of likely N-dealkylation sites (tertiary alicyclic amines) is 1. The van der Waals surface area contributed by atoms with Crippen molar-refractivity contribution in [1.82, 2.24) is 15.5 Å². The molecular formula is C17H24BrN3O2. The summed E-state index contributed by atoms with van der Waals surface area (Å²) in [5, 5.41) is 6.34. The van der Waals surface area contributed by atoms with Crippen LogP contribution < -0.4 is 10.6 Å². The molecule has 126 valence electrons. The highest BCUT2D eigenvalue weighted by Gasteiger charge is 2.26. The summed E-state index contributed by atoms with van der Waals surface area (Å²) in [4.78, 5) is 14.6. The third kappa shape index (κ3) is 5.01. The van der Waals surface area contributed by atoms with E-state index in [1.807, 2.05) is 0 Å². The SMILES string of the molecule is O=C(NC1CCN(Cc2ccc(Br)cc2)CC1)C1CNCCO1. The fourth-order valence-electron chi connectivity index (χ4n) is 3.11. The van der Waals surface area contributed by atoms with E-state index in [2.05, 4.69) is 55.7 Å². The van der Waals surface area contributed by atoms with Crippen LogP contribution in [0.4, 0.5) is 0 Å². The molecular weight excluding hydrogens is 358 g/mol. The molecule has 1 amide bonds. The minimum atomic E-state index is -0.329. The fraction of sp³-hybridized carbons (Fsp3) is 0.588. The van der Waals surface area contributed by atoms with Gasteiger partial charge in [-0.2, -0.15) is 0 Å². The van der Waals surface area contributed by atoms with E-state index in [4.69, 9.17) is 4.74 Å². The van der Waals surface area contributed by atoms with E-state index in [1.54, 1.807) is 0 Å². The largest absolute Gasteiger partial charge is 0.366 e. The Kier molecular flexibility index (Phi) is 6.05. The number of hydrogen-bond donors (Lipinski definition) is 2. The Hall–Kier alpha value is -0.950. The van der Waals surface area contributed by atoms with Crippen molar-refractivity contribution in [2.75, 3.05) is 32.8 Å². The number of nitrogens with one attached hydrogen (secondary N) is 2. The first-order valence-corrected chi connectivity index (χ1v) is 9.09. The first-order chi connectivity index (χ1) is 11.2. The van der Waals surface area contributed by atoms with E-state index in [0.717, 1.165) is 43.5 Å². The van der Waals surface area contributed by atoms with E-state index < -0.39 is 0 Å². The zero-order valence-corrected chi connectivity index (χ0v) is 14.8. The lowest BCUT2D eigenvalue weighted by Crippen LogP contribution is -2.52. The van der Waals surface area contributed by atoms with Crippen LogP contribution in [-0.2, 0) is 16.1 Å². The Balaban J connectivity index is 1.41. The summed E-state index contributed by atoms with van der Waals surface area (Å²) < 4.78 is 6.62. The number of halogens is 1. The molecule has 1 aromatic carbocycles. The smallest absolute Gasteiger partial charge is 0.250 e. The van der Waals surface area contributed by atoms with Crippen molar-refractivity contribution >= 4 is 21.8 Å². The van der Waals surface area contributed by atoms with Crippen LogP contribution in [0, 0.1) is 0 Å². The van der Waals surface area contributed by atoms with Crippen molar-refractivity contribution in [2.45, 2.75) is 31.5 Å². The predicted molar refractivity (Wildman–Crippen MR) is 93.2 cm³/mol. The second-order valence-corrected chi connectivity index (χ2v) is 7.16. The number of carbonyl (C=O) groups is 1. The van der Waals surface area contributed by atoms with Gasteiger partial charge in [-0.15, -0.1) is 0 Å². The van der Waals surface area contributed by atoms with Gasteiger partial charge >= 0.3 is 0 Å². The molecule has 0 aliphatic carbocycles. The van der Waals surface area contributed by atoms with Gasteiger partial charge in [-0.3, -0.25) is 9.69 Å². The molecule has 1 unspecified atom stereocenters. The second-order valence-electron chi connectivity index (χ2n) is 6.25. The zero-order valence-electron chi connectivity index (χ0n) is 13.3. The van der Waals surface area contributed by atoms with Crippen LogP contribution in [0.3, 0.4) is 0 Å². The molecule has 2 fully saturated rings. The first kappa shape index (κ1) is 16.9. The van der Waals surface area contributed by atoms with Gasteiger partial charge in [0.1, 0.15) is 6.10 Å². The van der Waals surface area contributed by atoms with Crippen molar-refractivity contribution in [2.24, 2.45) is 0 Å². The van der Waals surface area contributed by atoms with E-state index in [-0.39, 0.29) is 18.1 Å². The summed E-state index contributed by atoms with van der Waals surface area (Å²) in [6, 6.07) is 8.76. The minimum absolute atomic E-state index is 0.0311. The van der Waals surface area contributed by atoms with Gasteiger partial charge in [0.2, 0.25) is 0 Å². The molecule has 2 aliphatic heterocycles. The molecule has 0 aromatic heterocycles. The molecule has 2 aliphatic rings. The van der Waals surface area contributed by atoms with Crippen molar-refractivity contribution < 1.29 is 9.53 Å². The molecule has 23 heavy (non-hydrogen) atoms. The monoisotopic (exact) mass is 381 g/mol. The van der Waals surface area contributed by atoms with Crippen LogP contribution in [-0.4, -0.2) is 55.7 Å². The lowest BCUT2D eigenvalue weighted by Gasteiger charge is -2.33. The van der Waals surface area contributed by atoms with Crippen LogP contribution in [0.1, 0.15) is 18.4 Å². The third-order valence-electron chi connectivity index (χ3n) is 4.47. The van der Waals surface area contributed by atoms with Crippen LogP contribution in [0.5, 0.6) is 0 Å². The molecule has 0 saturated carbocycles. The maximum atomic E-state index is 12.2. The Morgan fingerprint density at radius 2 is 2.04 bits per heavy atom. The fourth-order valence-corrected chi connectivity index (χ4v) is 3.38. The molecule has 0 radical (unpaired) electrons. The minimum Gasteiger partial charge on any atom is -0.366 e. The highest BCUT2D eigenvalue weighted by atomic mass is 79.9. The average Bonchev–Trinajstić information content (AvgIpc) is 2.59. The lowest BCUT2D eigenvalue weighted by atomic mass is 10.0. The number of amides is 1. The number of rotatable bonds is 4. The molecule has 2 heterocycles. The molecule has 6 heteroatoms. The molecule has 3 rings (SSSR count). The number of carbonyl (C=O) groups excluding carboxylic acids is 1. The number of morpholine rings is 1. The maximum Gasteiger partial charge on any atom is 0.250 e. The molecule has 1 aromatic rings. The maximum absolute atomic E-state index is 12.2. The number of nitrogens with zero attached hydrogens (tertiary/aromatic N) is 1. The van der Waals surface area contributed by atoms with Gasteiger partial charge in [0.05, 0.1) is 6.61 Å². The molecule has 2 saturated heterocycles. The summed E-state index contributed by atoms with van der Waals surface area (Å²) >= 11 is 3.47. The molecule has 2 N–H and O–H groups in total. The molecule has 1 atom stereocenters. The van der Waals surface area contributed by atoms with Crippen molar-refractivity contribution in [1.29, 1.82) is 0 Å². The molecule has 0 bridgehead atoms. The summed E-state index contributed by atoms with van der Waals surface area (Å²) in [5.74, 6) is 0.0311. The zero-order chi connectivity index (χ0) is 16.1. The second kappa shape index (κ2) is 8.24. The number of ether oxygens (including phenoxy) is 1. The van der Waals surface area contributed by atoms with Gasteiger partial charge < -0.3 is 15.4 Å². The molecule has 0 spiro atoms. The van der Waals surface area contributed by atoms with Gasteiger partial charge in [-0.05, 0) is 30.5 Å². The average molecular weight is 382 g/mol. The Bertz CT molecular complexity index is 509. The summed E-state index contributed by atoms with van der Waals surface area (Å²) in [7, 11) is 0. The van der Waals surface area contributed by atoms with Crippen molar-refractivity contribution in [3.05, 3.63) is 34.3 Å². The normalized spacial score (nSPS) is 23.6. The summed E-state index contributed by atoms with van der Waals surface area (Å²) in [6.07, 6.45) is 1.68. The van der Waals surface area contributed by atoms with Gasteiger partial charge in [0.25, 0.3) is 5.91 Å². The predicted octanol–water partition coefficient (Wildman–Crippen LogP) is 1.52. The van der Waals surface area contributed by atoms with Gasteiger partial charge in [0, 0.05) is 43.2 Å². The van der Waals surface area contributed by atoms with E-state index in [9.17, 15) is 4.79 Å². The van der Waals surface area contributed by atoms with Crippen LogP contribution in [0.15, 0.2) is 28.7 Å². The van der Waals surface area contributed by atoms with E-state index >= 15 is 0 Å². The van der Waals surface area contributed by atoms with Crippen molar-refractivity contribution in [3.63, 3.8) is 0 Å². The standard InChI is InChI=1S/C17H24BrN3O2/c18-14-3-1-13(2-4-14)12-21-8-5-15(6-9-21)20-17(22)16-11-19-7-10-23-16/h1-4,15-16,19H,5-12H2,(H,20,22). The Morgan fingerprint density at radius 3 is 2.70 bits per heavy atom. The van der Waals surface area contributed by atoms with E-state index in [1.165, 1.54) is 5.56 Å². The van der Waals surface area contributed by atoms with Gasteiger partial charge in [-0.1, -0.05) is 28.1 Å². The van der Waals surface area contributed by atoms with Crippen LogP contribution >= 0.6 is 15.9 Å². The Labute approximate surface area is 145 Å². The number of hydrogen-bond acceptors (Lipinski definition) is 4. The first-order valence-electron chi connectivity index (χ1n) is 8.30. The highest BCUT2D eigenvalue weighted by molar-refractivity contribution is 9.10. The topological polar surface area (TPSA) is 53.6 Å². The molecule has 5 nitrogen and oxygen atoms in total. The van der Waals surface area contributed by atoms with Gasteiger partial charge in [-0.25, -0.2) is 0 Å². The highest BCUT2D eigenvalue weighted by Crippen LogP contribution is 2.16.